The quantitative estimate of drug-likeness (QED) is 0.430. The summed E-state index contributed by atoms with van der Waals surface area (Å²) in [7, 11) is 3.16. The number of nitrogens with one attached hydrogen (secondary N) is 1. The average Bonchev–Trinajstić information content (AvgIpc) is 3.27. The molecule has 1 aliphatic rings. The van der Waals surface area contributed by atoms with Gasteiger partial charge >= 0.3 is 0 Å². The van der Waals surface area contributed by atoms with Crippen molar-refractivity contribution in [1.82, 2.24) is 9.55 Å². The van der Waals surface area contributed by atoms with E-state index in [4.69, 9.17) is 14.5 Å². The third-order valence-electron chi connectivity index (χ3n) is 4.66. The van der Waals surface area contributed by atoms with Gasteiger partial charge in [0.25, 0.3) is 5.56 Å². The number of aryl methyl sites for hydroxylation is 1. The summed E-state index contributed by atoms with van der Waals surface area (Å²) in [6.45, 7) is 0. The molecule has 3 aromatic rings. The maximum Gasteiger partial charge on any atom is 0.272 e. The number of hydrogen-bond donors (Lipinski definition) is 1. The van der Waals surface area contributed by atoms with E-state index >= 15 is 0 Å². The normalized spacial score (nSPS) is 12.3. The van der Waals surface area contributed by atoms with Crippen LogP contribution in [-0.4, -0.2) is 41.2 Å². The Kier molecular flexibility index (Phi) is 6.53. The molecule has 160 valence electrons. The molecule has 1 amide bonds. The SMILES string of the molecule is COc1cccc(NC(=O)CSc2nc3c(c(=O)n2-c2cccc(OC)c2)SCC3)c1. The zero-order valence-electron chi connectivity index (χ0n) is 17.1. The molecule has 0 radical (unpaired) electrons. The van der Waals surface area contributed by atoms with Gasteiger partial charge in [-0.25, -0.2) is 4.98 Å². The number of ether oxygens (including phenoxy) is 2. The summed E-state index contributed by atoms with van der Waals surface area (Å²) in [5, 5.41) is 3.34. The van der Waals surface area contributed by atoms with Crippen molar-refractivity contribution in [3.05, 3.63) is 64.6 Å². The van der Waals surface area contributed by atoms with Crippen LogP contribution >= 0.6 is 23.5 Å². The number of rotatable bonds is 7. The molecule has 0 saturated carbocycles. The first-order chi connectivity index (χ1) is 15.1. The minimum Gasteiger partial charge on any atom is -0.497 e. The molecule has 0 spiro atoms. The van der Waals surface area contributed by atoms with Gasteiger partial charge in [0.1, 0.15) is 11.5 Å². The zero-order chi connectivity index (χ0) is 21.8. The van der Waals surface area contributed by atoms with Crippen molar-refractivity contribution in [2.24, 2.45) is 0 Å². The topological polar surface area (TPSA) is 82.5 Å². The molecule has 0 unspecified atom stereocenters. The smallest absolute Gasteiger partial charge is 0.272 e. The largest absolute Gasteiger partial charge is 0.497 e. The molecule has 2 aromatic carbocycles. The first-order valence-corrected chi connectivity index (χ1v) is 11.6. The molecule has 1 N–H and O–H groups in total. The first-order valence-electron chi connectivity index (χ1n) is 9.59. The number of carbonyl (C=O) groups excluding carboxylic acids is 1. The van der Waals surface area contributed by atoms with Crippen LogP contribution in [0.25, 0.3) is 5.69 Å². The molecule has 7 nitrogen and oxygen atoms in total. The molecule has 0 atom stereocenters. The molecule has 0 saturated heterocycles. The van der Waals surface area contributed by atoms with Gasteiger partial charge in [-0.1, -0.05) is 23.9 Å². The van der Waals surface area contributed by atoms with Crippen molar-refractivity contribution in [2.45, 2.75) is 16.5 Å². The van der Waals surface area contributed by atoms with Gasteiger partial charge < -0.3 is 14.8 Å². The second-order valence-corrected chi connectivity index (χ2v) is 8.73. The van der Waals surface area contributed by atoms with Crippen molar-refractivity contribution < 1.29 is 14.3 Å². The van der Waals surface area contributed by atoms with E-state index in [-0.39, 0.29) is 17.2 Å². The number of thioether (sulfide) groups is 2. The lowest BCUT2D eigenvalue weighted by molar-refractivity contribution is -0.113. The fourth-order valence-electron chi connectivity index (χ4n) is 3.19. The number of hydrogen-bond acceptors (Lipinski definition) is 7. The molecule has 4 rings (SSSR count). The number of methoxy groups -OCH3 is 2. The molecule has 0 bridgehead atoms. The maximum absolute atomic E-state index is 13.2. The van der Waals surface area contributed by atoms with Crippen molar-refractivity contribution in [2.75, 3.05) is 31.0 Å². The third kappa shape index (κ3) is 4.72. The summed E-state index contributed by atoms with van der Waals surface area (Å²) in [6.07, 6.45) is 0.748. The molecular formula is C22H21N3O4S2. The summed E-state index contributed by atoms with van der Waals surface area (Å²) in [5.41, 5.74) is 1.98. The van der Waals surface area contributed by atoms with Gasteiger partial charge in [0.2, 0.25) is 5.91 Å². The standard InChI is InChI=1S/C22H21N3O4S2/c1-28-16-7-3-5-14(11-16)23-19(26)13-31-22-24-18-9-10-30-20(18)21(27)25(22)15-6-4-8-17(12-15)29-2/h3-8,11-12H,9-10,13H2,1-2H3,(H,23,26). The van der Waals surface area contributed by atoms with E-state index in [0.29, 0.717) is 32.9 Å². The van der Waals surface area contributed by atoms with E-state index in [1.165, 1.54) is 23.5 Å². The third-order valence-corrected chi connectivity index (χ3v) is 6.71. The Morgan fingerprint density at radius 3 is 2.68 bits per heavy atom. The number of amides is 1. The van der Waals surface area contributed by atoms with Crippen LogP contribution < -0.4 is 20.3 Å². The minimum atomic E-state index is -0.195. The Balaban J connectivity index is 1.61. The highest BCUT2D eigenvalue weighted by molar-refractivity contribution is 8.00. The van der Waals surface area contributed by atoms with Crippen molar-refractivity contribution in [1.29, 1.82) is 0 Å². The highest BCUT2D eigenvalue weighted by Crippen LogP contribution is 2.30. The van der Waals surface area contributed by atoms with Crippen molar-refractivity contribution >= 4 is 35.1 Å². The van der Waals surface area contributed by atoms with E-state index < -0.39 is 0 Å². The van der Waals surface area contributed by atoms with Gasteiger partial charge in [0.05, 0.1) is 36.2 Å². The van der Waals surface area contributed by atoms with Crippen LogP contribution in [0.5, 0.6) is 11.5 Å². The Morgan fingerprint density at radius 1 is 1.16 bits per heavy atom. The lowest BCUT2D eigenvalue weighted by Gasteiger charge is -2.14. The number of aromatic nitrogens is 2. The van der Waals surface area contributed by atoms with Gasteiger partial charge in [0, 0.05) is 30.0 Å². The van der Waals surface area contributed by atoms with E-state index in [1.807, 2.05) is 30.3 Å². The second-order valence-electron chi connectivity index (χ2n) is 6.68. The molecule has 1 aromatic heterocycles. The van der Waals surface area contributed by atoms with Crippen molar-refractivity contribution in [3.8, 4) is 17.2 Å². The van der Waals surface area contributed by atoms with Crippen LogP contribution in [-0.2, 0) is 11.2 Å². The molecule has 0 aliphatic carbocycles. The highest BCUT2D eigenvalue weighted by atomic mass is 32.2. The van der Waals surface area contributed by atoms with Gasteiger partial charge in [-0.2, -0.15) is 0 Å². The van der Waals surface area contributed by atoms with Crippen LogP contribution in [0.1, 0.15) is 5.69 Å². The summed E-state index contributed by atoms with van der Waals surface area (Å²) < 4.78 is 12.1. The Labute approximate surface area is 188 Å². The molecule has 31 heavy (non-hydrogen) atoms. The number of benzene rings is 2. The van der Waals surface area contributed by atoms with Gasteiger partial charge in [-0.15, -0.1) is 11.8 Å². The first kappa shape index (κ1) is 21.3. The molecule has 2 heterocycles. The number of fused-ring (bicyclic) bond motifs is 1. The fourth-order valence-corrected chi connectivity index (χ4v) is 5.05. The van der Waals surface area contributed by atoms with Crippen LogP contribution in [0.4, 0.5) is 5.69 Å². The van der Waals surface area contributed by atoms with E-state index in [1.54, 1.807) is 37.0 Å². The second kappa shape index (κ2) is 9.49. The predicted molar refractivity (Wildman–Crippen MR) is 123 cm³/mol. The number of carbonyl (C=O) groups is 1. The minimum absolute atomic E-state index is 0.111. The number of anilines is 1. The maximum atomic E-state index is 13.2. The van der Waals surface area contributed by atoms with Crippen LogP contribution in [0.2, 0.25) is 0 Å². The predicted octanol–water partition coefficient (Wildman–Crippen LogP) is 3.63. The number of nitrogens with zero attached hydrogens (tertiary/aromatic N) is 2. The van der Waals surface area contributed by atoms with Gasteiger partial charge in [-0.05, 0) is 24.3 Å². The van der Waals surface area contributed by atoms with E-state index in [9.17, 15) is 9.59 Å². The summed E-state index contributed by atoms with van der Waals surface area (Å²) in [4.78, 5) is 31.2. The van der Waals surface area contributed by atoms with Gasteiger partial charge in [0.15, 0.2) is 5.16 Å². The van der Waals surface area contributed by atoms with E-state index in [2.05, 4.69) is 5.32 Å². The van der Waals surface area contributed by atoms with Crippen LogP contribution in [0, 0.1) is 0 Å². The lowest BCUT2D eigenvalue weighted by Crippen LogP contribution is -2.24. The zero-order valence-corrected chi connectivity index (χ0v) is 18.7. The Bertz CT molecular complexity index is 1180. The Morgan fingerprint density at radius 2 is 1.90 bits per heavy atom. The van der Waals surface area contributed by atoms with E-state index in [0.717, 1.165) is 17.9 Å². The summed E-state index contributed by atoms with van der Waals surface area (Å²) in [5.74, 6) is 2.05. The average molecular weight is 456 g/mol. The summed E-state index contributed by atoms with van der Waals surface area (Å²) >= 11 is 2.76. The molecule has 1 aliphatic heterocycles. The molecular weight excluding hydrogens is 434 g/mol. The van der Waals surface area contributed by atoms with Crippen molar-refractivity contribution in [3.63, 3.8) is 0 Å². The van der Waals surface area contributed by atoms with Crippen LogP contribution in [0.3, 0.4) is 0 Å². The fraction of sp³-hybridized carbons (Fsp3) is 0.227. The molecule has 0 fully saturated rings. The van der Waals surface area contributed by atoms with Gasteiger partial charge in [-0.3, -0.25) is 14.2 Å². The molecule has 9 heteroatoms. The lowest BCUT2D eigenvalue weighted by atomic mass is 10.3. The summed E-state index contributed by atoms with van der Waals surface area (Å²) in [6, 6.07) is 14.4. The highest BCUT2D eigenvalue weighted by Gasteiger charge is 2.23. The Hall–Kier alpha value is -2.91. The van der Waals surface area contributed by atoms with Crippen LogP contribution in [0.15, 0.2) is 63.4 Å². The monoisotopic (exact) mass is 455 g/mol.